The molecule has 2 heterocycles. The van der Waals surface area contributed by atoms with Crippen molar-refractivity contribution in [3.8, 4) is 22.9 Å². The van der Waals surface area contributed by atoms with E-state index in [2.05, 4.69) is 31.0 Å². The fourth-order valence-electron chi connectivity index (χ4n) is 3.46. The Bertz CT molecular complexity index is 1420. The van der Waals surface area contributed by atoms with Crippen molar-refractivity contribution in [1.82, 2.24) is 30.3 Å². The van der Waals surface area contributed by atoms with Crippen LogP contribution in [0, 0.1) is 6.92 Å². The molecule has 39 heavy (non-hydrogen) atoms. The number of carbonyl (C=O) groups is 2. The lowest BCUT2D eigenvalue weighted by atomic mass is 10.2. The molecule has 0 aliphatic carbocycles. The maximum absolute atomic E-state index is 13.0. The van der Waals surface area contributed by atoms with Gasteiger partial charge in [-0.1, -0.05) is 23.1 Å². The topological polar surface area (TPSA) is 142 Å². The predicted octanol–water partition coefficient (Wildman–Crippen LogP) is 3.50. The van der Waals surface area contributed by atoms with E-state index in [1.54, 1.807) is 22.8 Å². The monoisotopic (exact) mass is 569 g/mol. The van der Waals surface area contributed by atoms with E-state index in [4.69, 9.17) is 14.2 Å². The molecule has 2 N–H and O–H groups in total. The summed E-state index contributed by atoms with van der Waals surface area (Å²) >= 11 is 2.50. The molecular formula is C25H27N7O5S2. The molecule has 14 heteroatoms. The molecule has 4 rings (SSSR count). The summed E-state index contributed by atoms with van der Waals surface area (Å²) in [5.74, 6) is 1.68. The summed E-state index contributed by atoms with van der Waals surface area (Å²) in [4.78, 5) is 25.4. The van der Waals surface area contributed by atoms with Crippen molar-refractivity contribution in [1.29, 1.82) is 0 Å². The zero-order chi connectivity index (χ0) is 27.8. The summed E-state index contributed by atoms with van der Waals surface area (Å²) in [7, 11) is 3.04. The lowest BCUT2D eigenvalue weighted by Gasteiger charge is -2.12. The van der Waals surface area contributed by atoms with Gasteiger partial charge in [-0.05, 0) is 50.2 Å². The van der Waals surface area contributed by atoms with Crippen molar-refractivity contribution >= 4 is 40.0 Å². The number of nitrogens with one attached hydrogen (secondary N) is 2. The van der Waals surface area contributed by atoms with Crippen molar-refractivity contribution in [3.05, 3.63) is 58.9 Å². The molecule has 0 aliphatic rings. The van der Waals surface area contributed by atoms with E-state index in [9.17, 15) is 9.59 Å². The van der Waals surface area contributed by atoms with Gasteiger partial charge in [-0.2, -0.15) is 0 Å². The van der Waals surface area contributed by atoms with Crippen LogP contribution in [-0.4, -0.2) is 63.4 Å². The number of methoxy groups -OCH3 is 2. The Morgan fingerprint density at radius 3 is 2.31 bits per heavy atom. The lowest BCUT2D eigenvalue weighted by Crippen LogP contribution is -2.24. The van der Waals surface area contributed by atoms with Gasteiger partial charge in [0.15, 0.2) is 11.0 Å². The third-order valence-corrected chi connectivity index (χ3v) is 6.91. The van der Waals surface area contributed by atoms with Crippen LogP contribution >= 0.6 is 23.1 Å². The molecule has 0 fully saturated rings. The zero-order valence-corrected chi connectivity index (χ0v) is 23.4. The molecule has 0 atom stereocenters. The van der Waals surface area contributed by atoms with Crippen LogP contribution in [0.25, 0.3) is 5.69 Å². The number of rotatable bonds is 12. The van der Waals surface area contributed by atoms with Gasteiger partial charge in [-0.15, -0.1) is 20.4 Å². The Hall–Kier alpha value is -4.17. The van der Waals surface area contributed by atoms with Crippen LogP contribution in [0.3, 0.4) is 0 Å². The van der Waals surface area contributed by atoms with E-state index in [1.165, 1.54) is 37.3 Å². The van der Waals surface area contributed by atoms with E-state index in [1.807, 2.05) is 38.1 Å². The van der Waals surface area contributed by atoms with Crippen molar-refractivity contribution in [2.24, 2.45) is 0 Å². The van der Waals surface area contributed by atoms with Crippen LogP contribution in [-0.2, 0) is 11.3 Å². The average Bonchev–Trinajstić information content (AvgIpc) is 3.55. The molecule has 2 aromatic heterocycles. The molecule has 4 aromatic rings. The Labute approximate surface area is 233 Å². The highest BCUT2D eigenvalue weighted by Gasteiger charge is 2.18. The number of hydrogen-bond donors (Lipinski definition) is 2. The molecule has 0 unspecified atom stereocenters. The number of thioether (sulfide) groups is 1. The number of ether oxygens (including phenoxy) is 3. The smallest absolute Gasteiger partial charge is 0.251 e. The second kappa shape index (κ2) is 13.1. The molecule has 2 aromatic carbocycles. The lowest BCUT2D eigenvalue weighted by molar-refractivity contribution is -0.113. The van der Waals surface area contributed by atoms with Gasteiger partial charge in [0.1, 0.15) is 22.3 Å². The molecular weight excluding hydrogens is 542 g/mol. The van der Waals surface area contributed by atoms with Gasteiger partial charge in [-0.3, -0.25) is 19.5 Å². The third-order valence-electron chi connectivity index (χ3n) is 5.23. The highest BCUT2D eigenvalue weighted by molar-refractivity contribution is 7.99. The normalized spacial score (nSPS) is 10.7. The molecule has 204 valence electrons. The first kappa shape index (κ1) is 27.9. The van der Waals surface area contributed by atoms with E-state index in [0.29, 0.717) is 39.8 Å². The standard InChI is InChI=1S/C25H27N7O5S2/c1-5-37-18-8-6-17(7-9-18)32-21(13-26-23(34)16-10-19(35-3)12-20(11-16)36-4)29-31-25(32)38-14-22(33)27-24-30-28-15(2)39-24/h6-12H,5,13-14H2,1-4H3,(H,26,34)(H,27,30,33). The fourth-order valence-corrected chi connectivity index (χ4v) is 4.84. The molecule has 12 nitrogen and oxygen atoms in total. The molecule has 0 spiro atoms. The number of amides is 2. The summed E-state index contributed by atoms with van der Waals surface area (Å²) in [6.07, 6.45) is 0. The molecule has 0 saturated carbocycles. The first-order valence-electron chi connectivity index (χ1n) is 11.8. The largest absolute Gasteiger partial charge is 0.497 e. The maximum atomic E-state index is 13.0. The number of aromatic nitrogens is 5. The van der Waals surface area contributed by atoms with Crippen molar-refractivity contribution in [2.45, 2.75) is 25.5 Å². The number of benzene rings is 2. The first-order valence-corrected chi connectivity index (χ1v) is 13.6. The minimum Gasteiger partial charge on any atom is -0.497 e. The summed E-state index contributed by atoms with van der Waals surface area (Å²) < 4.78 is 17.9. The third kappa shape index (κ3) is 7.23. The molecule has 0 radical (unpaired) electrons. The maximum Gasteiger partial charge on any atom is 0.251 e. The Morgan fingerprint density at radius 1 is 0.974 bits per heavy atom. The van der Waals surface area contributed by atoms with E-state index in [0.717, 1.165) is 16.4 Å². The van der Waals surface area contributed by atoms with Crippen molar-refractivity contribution in [3.63, 3.8) is 0 Å². The highest BCUT2D eigenvalue weighted by atomic mass is 32.2. The minimum absolute atomic E-state index is 0.0732. The van der Waals surface area contributed by atoms with Crippen molar-refractivity contribution < 1.29 is 23.8 Å². The van der Waals surface area contributed by atoms with Gasteiger partial charge >= 0.3 is 0 Å². The second-order valence-corrected chi connectivity index (χ2v) is 10.0. The highest BCUT2D eigenvalue weighted by Crippen LogP contribution is 2.25. The van der Waals surface area contributed by atoms with Gasteiger partial charge in [-0.25, -0.2) is 0 Å². The second-order valence-electron chi connectivity index (χ2n) is 7.91. The molecule has 0 aliphatic heterocycles. The number of nitrogens with zero attached hydrogens (tertiary/aromatic N) is 5. The van der Waals surface area contributed by atoms with Gasteiger partial charge in [0.2, 0.25) is 11.0 Å². The summed E-state index contributed by atoms with van der Waals surface area (Å²) in [6, 6.07) is 12.3. The van der Waals surface area contributed by atoms with E-state index in [-0.39, 0.29) is 24.1 Å². The molecule has 2 amide bonds. The zero-order valence-electron chi connectivity index (χ0n) is 21.8. The quantitative estimate of drug-likeness (QED) is 0.243. The minimum atomic E-state index is -0.339. The van der Waals surface area contributed by atoms with Crippen LogP contribution in [0.15, 0.2) is 47.6 Å². The Kier molecular flexibility index (Phi) is 9.33. The van der Waals surface area contributed by atoms with Crippen LogP contribution in [0.4, 0.5) is 5.13 Å². The summed E-state index contributed by atoms with van der Waals surface area (Å²) in [5.41, 5.74) is 1.12. The van der Waals surface area contributed by atoms with Gasteiger partial charge < -0.3 is 19.5 Å². The van der Waals surface area contributed by atoms with E-state index >= 15 is 0 Å². The van der Waals surface area contributed by atoms with Gasteiger partial charge in [0, 0.05) is 17.3 Å². The average molecular weight is 570 g/mol. The van der Waals surface area contributed by atoms with Crippen LogP contribution in [0.5, 0.6) is 17.2 Å². The molecule has 0 bridgehead atoms. The fraction of sp³-hybridized carbons (Fsp3) is 0.280. The number of anilines is 1. The SMILES string of the molecule is CCOc1ccc(-n2c(CNC(=O)c3cc(OC)cc(OC)c3)nnc2SCC(=O)Nc2nnc(C)s2)cc1. The number of hydrogen-bond acceptors (Lipinski definition) is 11. The van der Waals surface area contributed by atoms with Gasteiger partial charge in [0.25, 0.3) is 5.91 Å². The summed E-state index contributed by atoms with van der Waals surface area (Å²) in [5, 5.41) is 23.7. The van der Waals surface area contributed by atoms with E-state index < -0.39 is 0 Å². The van der Waals surface area contributed by atoms with Gasteiger partial charge in [0.05, 0.1) is 33.1 Å². The Balaban J connectivity index is 1.53. The predicted molar refractivity (Wildman–Crippen MR) is 147 cm³/mol. The first-order chi connectivity index (χ1) is 18.9. The number of carbonyl (C=O) groups excluding carboxylic acids is 2. The van der Waals surface area contributed by atoms with Crippen LogP contribution in [0.2, 0.25) is 0 Å². The van der Waals surface area contributed by atoms with Crippen LogP contribution in [0.1, 0.15) is 28.1 Å². The van der Waals surface area contributed by atoms with Crippen LogP contribution < -0.4 is 24.8 Å². The summed E-state index contributed by atoms with van der Waals surface area (Å²) in [6.45, 7) is 4.35. The Morgan fingerprint density at radius 2 is 1.69 bits per heavy atom. The number of aryl methyl sites for hydroxylation is 1. The van der Waals surface area contributed by atoms with Crippen molar-refractivity contribution in [2.75, 3.05) is 31.9 Å². The molecule has 0 saturated heterocycles.